The van der Waals surface area contributed by atoms with Gasteiger partial charge in [0.05, 0.1) is 16.4 Å². The Bertz CT molecular complexity index is 922. The molecule has 3 aromatic rings. The van der Waals surface area contributed by atoms with Gasteiger partial charge in [-0.3, -0.25) is 4.79 Å². The Morgan fingerprint density at radius 2 is 1.92 bits per heavy atom. The predicted molar refractivity (Wildman–Crippen MR) is 96.9 cm³/mol. The van der Waals surface area contributed by atoms with Crippen molar-refractivity contribution in [3.05, 3.63) is 63.9 Å². The summed E-state index contributed by atoms with van der Waals surface area (Å²) in [6, 6.07) is 14.6. The molecule has 6 heteroatoms. The third-order valence-corrected chi connectivity index (χ3v) is 3.93. The van der Waals surface area contributed by atoms with E-state index in [1.807, 2.05) is 37.3 Å². The van der Waals surface area contributed by atoms with E-state index in [1.54, 1.807) is 12.1 Å². The van der Waals surface area contributed by atoms with Gasteiger partial charge in [-0.15, -0.1) is 0 Å². The Kier molecular flexibility index (Phi) is 4.62. The van der Waals surface area contributed by atoms with Crippen LogP contribution in [0.4, 0.5) is 5.82 Å². The minimum Gasteiger partial charge on any atom is -0.382 e. The van der Waals surface area contributed by atoms with Crippen LogP contribution in [0.1, 0.15) is 13.3 Å². The lowest BCUT2D eigenvalue weighted by molar-refractivity contribution is 0.570. The molecule has 0 fully saturated rings. The van der Waals surface area contributed by atoms with E-state index in [4.69, 9.17) is 17.3 Å². The highest BCUT2D eigenvalue weighted by Crippen LogP contribution is 2.33. The van der Waals surface area contributed by atoms with Crippen molar-refractivity contribution in [3.8, 4) is 22.5 Å². The van der Waals surface area contributed by atoms with Crippen LogP contribution < -0.4 is 11.3 Å². The molecule has 0 bridgehead atoms. The number of hydrogen-bond acceptors (Lipinski definition) is 4. The lowest BCUT2D eigenvalue weighted by Crippen LogP contribution is -2.22. The van der Waals surface area contributed by atoms with E-state index in [1.165, 1.54) is 10.7 Å². The van der Waals surface area contributed by atoms with Crippen LogP contribution in [0.2, 0.25) is 5.02 Å². The third-order valence-electron chi connectivity index (χ3n) is 3.63. The van der Waals surface area contributed by atoms with Crippen molar-refractivity contribution in [1.29, 1.82) is 0 Å². The minimum atomic E-state index is -0.128. The Morgan fingerprint density at radius 1 is 1.17 bits per heavy atom. The summed E-state index contributed by atoms with van der Waals surface area (Å²) in [4.78, 5) is 16.3. The van der Waals surface area contributed by atoms with Gasteiger partial charge in [0.25, 0.3) is 5.56 Å². The first kappa shape index (κ1) is 16.2. The Balaban J connectivity index is 2.22. The topological polar surface area (TPSA) is 73.8 Å². The van der Waals surface area contributed by atoms with Gasteiger partial charge in [0.1, 0.15) is 5.82 Å². The van der Waals surface area contributed by atoms with Gasteiger partial charge in [-0.25, -0.2) is 9.67 Å². The molecule has 0 amide bonds. The fourth-order valence-corrected chi connectivity index (χ4v) is 2.63. The normalized spacial score (nSPS) is 10.8. The Hall–Kier alpha value is -2.66. The third kappa shape index (κ3) is 3.16. The Morgan fingerprint density at radius 3 is 2.62 bits per heavy atom. The highest BCUT2D eigenvalue weighted by molar-refractivity contribution is 6.33. The number of aromatic nitrogens is 3. The van der Waals surface area contributed by atoms with Gasteiger partial charge in [-0.1, -0.05) is 48.9 Å². The van der Waals surface area contributed by atoms with Crippen LogP contribution in [-0.4, -0.2) is 14.8 Å². The van der Waals surface area contributed by atoms with Crippen LogP contribution in [0.5, 0.6) is 0 Å². The summed E-state index contributed by atoms with van der Waals surface area (Å²) in [5, 5.41) is 4.81. The number of aryl methyl sites for hydroxylation is 1. The second-order valence-electron chi connectivity index (χ2n) is 5.40. The van der Waals surface area contributed by atoms with E-state index in [-0.39, 0.29) is 11.4 Å². The summed E-state index contributed by atoms with van der Waals surface area (Å²) in [6.07, 6.45) is 0.822. The number of halogens is 1. The second kappa shape index (κ2) is 6.84. The van der Waals surface area contributed by atoms with Crippen molar-refractivity contribution in [2.24, 2.45) is 0 Å². The largest absolute Gasteiger partial charge is 0.382 e. The SMILES string of the molecule is CCCn1nc(-c2cc(Cl)c(N)nc2-c2ccccc2)ccc1=O. The summed E-state index contributed by atoms with van der Waals surface area (Å²) in [7, 11) is 0. The molecule has 3 rings (SSSR count). The van der Waals surface area contributed by atoms with Crippen LogP contribution in [-0.2, 0) is 6.54 Å². The van der Waals surface area contributed by atoms with Gasteiger partial charge >= 0.3 is 0 Å². The molecule has 2 N–H and O–H groups in total. The molecule has 5 nitrogen and oxygen atoms in total. The van der Waals surface area contributed by atoms with E-state index in [9.17, 15) is 4.79 Å². The van der Waals surface area contributed by atoms with Crippen LogP contribution in [0.3, 0.4) is 0 Å². The fourth-order valence-electron chi connectivity index (χ4n) is 2.48. The number of nitrogens with two attached hydrogens (primary N) is 1. The number of hydrogen-bond donors (Lipinski definition) is 1. The summed E-state index contributed by atoms with van der Waals surface area (Å²) in [6.45, 7) is 2.56. The first-order valence-electron chi connectivity index (χ1n) is 7.70. The number of anilines is 1. The molecular weight excluding hydrogens is 324 g/mol. The molecule has 0 spiro atoms. The molecule has 2 aromatic heterocycles. The van der Waals surface area contributed by atoms with Crippen LogP contribution in [0.15, 0.2) is 53.3 Å². The maximum absolute atomic E-state index is 11.9. The van der Waals surface area contributed by atoms with Gasteiger partial charge < -0.3 is 5.73 Å². The number of nitrogens with zero attached hydrogens (tertiary/aromatic N) is 3. The van der Waals surface area contributed by atoms with Crippen molar-refractivity contribution in [2.45, 2.75) is 19.9 Å². The number of nitrogen functional groups attached to an aromatic ring is 1. The van der Waals surface area contributed by atoms with Gasteiger partial charge in [-0.05, 0) is 18.6 Å². The molecule has 0 saturated carbocycles. The Labute approximate surface area is 144 Å². The van der Waals surface area contributed by atoms with E-state index in [0.717, 1.165) is 17.5 Å². The molecule has 0 saturated heterocycles. The maximum atomic E-state index is 11.9. The zero-order valence-electron chi connectivity index (χ0n) is 13.2. The van der Waals surface area contributed by atoms with Gasteiger partial charge in [-0.2, -0.15) is 5.10 Å². The zero-order valence-corrected chi connectivity index (χ0v) is 14.0. The van der Waals surface area contributed by atoms with Crippen molar-refractivity contribution < 1.29 is 0 Å². The summed E-state index contributed by atoms with van der Waals surface area (Å²) in [5.74, 6) is 0.265. The number of benzene rings is 1. The van der Waals surface area contributed by atoms with Crippen LogP contribution in [0, 0.1) is 0 Å². The highest BCUT2D eigenvalue weighted by atomic mass is 35.5. The average molecular weight is 341 g/mol. The first-order chi connectivity index (χ1) is 11.6. The fraction of sp³-hybridized carbons (Fsp3) is 0.167. The highest BCUT2D eigenvalue weighted by Gasteiger charge is 2.14. The van der Waals surface area contributed by atoms with E-state index >= 15 is 0 Å². The molecule has 0 aliphatic rings. The summed E-state index contributed by atoms with van der Waals surface area (Å²) in [5.41, 5.74) is 8.73. The van der Waals surface area contributed by atoms with Gasteiger partial charge in [0.2, 0.25) is 0 Å². The van der Waals surface area contributed by atoms with E-state index in [0.29, 0.717) is 23.0 Å². The van der Waals surface area contributed by atoms with Crippen molar-refractivity contribution in [2.75, 3.05) is 5.73 Å². The quantitative estimate of drug-likeness (QED) is 0.787. The predicted octanol–water partition coefficient (Wildman–Crippen LogP) is 3.62. The lowest BCUT2D eigenvalue weighted by Gasteiger charge is -2.12. The maximum Gasteiger partial charge on any atom is 0.266 e. The molecule has 0 aliphatic carbocycles. The van der Waals surface area contributed by atoms with Crippen LogP contribution in [0.25, 0.3) is 22.5 Å². The van der Waals surface area contributed by atoms with Gasteiger partial charge in [0, 0.05) is 23.7 Å². The lowest BCUT2D eigenvalue weighted by atomic mass is 10.0. The molecule has 24 heavy (non-hydrogen) atoms. The second-order valence-corrected chi connectivity index (χ2v) is 5.80. The summed E-state index contributed by atoms with van der Waals surface area (Å²) >= 11 is 6.17. The minimum absolute atomic E-state index is 0.128. The monoisotopic (exact) mass is 340 g/mol. The van der Waals surface area contributed by atoms with Crippen LogP contribution >= 0.6 is 11.6 Å². The van der Waals surface area contributed by atoms with Gasteiger partial charge in [0.15, 0.2) is 0 Å². The standard InChI is InChI=1S/C18H17ClN4O/c1-2-10-23-16(24)9-8-15(22-23)13-11-14(19)18(20)21-17(13)12-6-4-3-5-7-12/h3-9,11H,2,10H2,1H3,(H2,20,21). The molecule has 0 aliphatic heterocycles. The first-order valence-corrected chi connectivity index (χ1v) is 8.08. The number of rotatable bonds is 4. The molecule has 122 valence electrons. The summed E-state index contributed by atoms with van der Waals surface area (Å²) < 4.78 is 1.45. The molecule has 0 atom stereocenters. The zero-order chi connectivity index (χ0) is 17.1. The van der Waals surface area contributed by atoms with Crippen molar-refractivity contribution >= 4 is 17.4 Å². The molecule has 2 heterocycles. The smallest absolute Gasteiger partial charge is 0.266 e. The molecule has 0 radical (unpaired) electrons. The average Bonchev–Trinajstić information content (AvgIpc) is 2.60. The van der Waals surface area contributed by atoms with Crippen molar-refractivity contribution in [1.82, 2.24) is 14.8 Å². The molecule has 0 unspecified atom stereocenters. The molecule has 1 aromatic carbocycles. The molecular formula is C18H17ClN4O. The van der Waals surface area contributed by atoms with E-state index in [2.05, 4.69) is 10.1 Å². The van der Waals surface area contributed by atoms with E-state index < -0.39 is 0 Å². The van der Waals surface area contributed by atoms with Crippen molar-refractivity contribution in [3.63, 3.8) is 0 Å². The number of pyridine rings is 1.